The molecule has 1 aromatic heterocycles. The van der Waals surface area contributed by atoms with E-state index in [1.165, 1.54) is 24.0 Å². The van der Waals surface area contributed by atoms with Gasteiger partial charge in [0.15, 0.2) is 0 Å². The first kappa shape index (κ1) is 13.2. The smallest absolute Gasteiger partial charge is 0.237 e. The minimum absolute atomic E-state index is 0.0772. The molecule has 1 N–H and O–H groups in total. The van der Waals surface area contributed by atoms with Crippen LogP contribution in [0.2, 0.25) is 0 Å². The molecule has 3 rings (SSSR count). The summed E-state index contributed by atoms with van der Waals surface area (Å²) >= 11 is 1.55. The molecule has 2 aromatic rings. The SMILES string of the molecule is Cc1cc(NC(=O)CSc2ccc3c(c2)CCC3)on1. The third kappa shape index (κ3) is 3.04. The van der Waals surface area contributed by atoms with Gasteiger partial charge in [-0.05, 0) is 49.4 Å². The van der Waals surface area contributed by atoms with Crippen molar-refractivity contribution in [2.24, 2.45) is 0 Å². The predicted octanol–water partition coefficient (Wildman–Crippen LogP) is 3.20. The minimum atomic E-state index is -0.0772. The molecule has 0 saturated heterocycles. The van der Waals surface area contributed by atoms with Gasteiger partial charge in [-0.25, -0.2) is 0 Å². The lowest BCUT2D eigenvalue weighted by atomic mass is 10.1. The highest BCUT2D eigenvalue weighted by molar-refractivity contribution is 8.00. The van der Waals surface area contributed by atoms with E-state index in [2.05, 4.69) is 28.7 Å². The first-order valence-corrected chi connectivity index (χ1v) is 7.67. The number of hydrogen-bond acceptors (Lipinski definition) is 4. The number of carbonyl (C=O) groups is 1. The molecule has 0 radical (unpaired) electrons. The van der Waals surface area contributed by atoms with Crippen LogP contribution in [0.15, 0.2) is 33.7 Å². The van der Waals surface area contributed by atoms with Gasteiger partial charge in [-0.15, -0.1) is 11.8 Å². The van der Waals surface area contributed by atoms with Crippen molar-refractivity contribution in [2.75, 3.05) is 11.1 Å². The van der Waals surface area contributed by atoms with E-state index in [9.17, 15) is 4.79 Å². The second kappa shape index (κ2) is 5.71. The molecule has 1 aliphatic carbocycles. The molecular formula is C15H16N2O2S. The van der Waals surface area contributed by atoms with Crippen LogP contribution in [0, 0.1) is 6.92 Å². The molecule has 1 heterocycles. The molecule has 1 aliphatic rings. The molecule has 0 bridgehead atoms. The van der Waals surface area contributed by atoms with Gasteiger partial charge in [0.1, 0.15) is 0 Å². The largest absolute Gasteiger partial charge is 0.338 e. The van der Waals surface area contributed by atoms with Crippen LogP contribution in [0.1, 0.15) is 23.2 Å². The zero-order valence-corrected chi connectivity index (χ0v) is 12.1. The Morgan fingerprint density at radius 1 is 1.35 bits per heavy atom. The summed E-state index contributed by atoms with van der Waals surface area (Å²) in [7, 11) is 0. The molecule has 0 aliphatic heterocycles. The highest BCUT2D eigenvalue weighted by Gasteiger charge is 2.12. The van der Waals surface area contributed by atoms with E-state index < -0.39 is 0 Å². The van der Waals surface area contributed by atoms with Gasteiger partial charge >= 0.3 is 0 Å². The van der Waals surface area contributed by atoms with Crippen molar-refractivity contribution in [3.8, 4) is 0 Å². The molecule has 1 amide bonds. The molecule has 4 nitrogen and oxygen atoms in total. The molecule has 0 spiro atoms. The van der Waals surface area contributed by atoms with Crippen molar-refractivity contribution in [3.63, 3.8) is 0 Å². The van der Waals surface area contributed by atoms with Gasteiger partial charge in [-0.1, -0.05) is 11.2 Å². The summed E-state index contributed by atoms with van der Waals surface area (Å²) in [4.78, 5) is 13.0. The van der Waals surface area contributed by atoms with Crippen molar-refractivity contribution in [1.82, 2.24) is 5.16 Å². The van der Waals surface area contributed by atoms with Gasteiger partial charge in [0, 0.05) is 11.0 Å². The lowest BCUT2D eigenvalue weighted by Gasteiger charge is -2.04. The Labute approximate surface area is 121 Å². The second-order valence-corrected chi connectivity index (χ2v) is 6.00. The van der Waals surface area contributed by atoms with Crippen LogP contribution >= 0.6 is 11.8 Å². The number of benzene rings is 1. The Bertz CT molecular complexity index is 637. The van der Waals surface area contributed by atoms with Gasteiger partial charge in [-0.3, -0.25) is 10.1 Å². The lowest BCUT2D eigenvalue weighted by Crippen LogP contribution is -2.13. The summed E-state index contributed by atoms with van der Waals surface area (Å²) in [6.07, 6.45) is 3.59. The standard InChI is InChI=1S/C15H16N2O2S/c1-10-7-15(19-17-10)16-14(18)9-20-13-6-5-11-3-2-4-12(11)8-13/h5-8H,2-4,9H2,1H3,(H,16,18). The Morgan fingerprint density at radius 3 is 3.00 bits per heavy atom. The molecule has 1 aromatic carbocycles. The van der Waals surface area contributed by atoms with Crippen molar-refractivity contribution < 1.29 is 9.32 Å². The first-order valence-electron chi connectivity index (χ1n) is 6.68. The van der Waals surface area contributed by atoms with Gasteiger partial charge < -0.3 is 4.52 Å². The summed E-state index contributed by atoms with van der Waals surface area (Å²) in [5.74, 6) is 0.701. The quantitative estimate of drug-likeness (QED) is 0.878. The Hall–Kier alpha value is -1.75. The minimum Gasteiger partial charge on any atom is -0.338 e. The molecule has 20 heavy (non-hydrogen) atoms. The Balaban J connectivity index is 1.55. The summed E-state index contributed by atoms with van der Waals surface area (Å²) in [6, 6.07) is 8.19. The lowest BCUT2D eigenvalue weighted by molar-refractivity contribution is -0.113. The van der Waals surface area contributed by atoms with Crippen molar-refractivity contribution >= 4 is 23.6 Å². The van der Waals surface area contributed by atoms with Crippen LogP contribution in [-0.4, -0.2) is 16.8 Å². The van der Waals surface area contributed by atoms with Crippen LogP contribution in [0.5, 0.6) is 0 Å². The number of hydrogen-bond donors (Lipinski definition) is 1. The van der Waals surface area contributed by atoms with E-state index in [1.807, 2.05) is 6.92 Å². The van der Waals surface area contributed by atoms with E-state index in [1.54, 1.807) is 17.8 Å². The van der Waals surface area contributed by atoms with Crippen LogP contribution in [-0.2, 0) is 17.6 Å². The predicted molar refractivity (Wildman–Crippen MR) is 79.1 cm³/mol. The van der Waals surface area contributed by atoms with Gasteiger partial charge in [0.2, 0.25) is 11.8 Å². The normalized spacial score (nSPS) is 13.2. The van der Waals surface area contributed by atoms with E-state index in [4.69, 9.17) is 4.52 Å². The highest BCUT2D eigenvalue weighted by Crippen LogP contribution is 2.27. The molecule has 5 heteroatoms. The number of amides is 1. The summed E-state index contributed by atoms with van der Waals surface area (Å²) < 4.78 is 4.96. The van der Waals surface area contributed by atoms with Gasteiger partial charge in [0.25, 0.3) is 0 Å². The summed E-state index contributed by atoms with van der Waals surface area (Å²) in [5.41, 5.74) is 3.64. The van der Waals surface area contributed by atoms with Crippen molar-refractivity contribution in [2.45, 2.75) is 31.1 Å². The summed E-state index contributed by atoms with van der Waals surface area (Å²) in [5, 5.41) is 6.43. The number of nitrogens with one attached hydrogen (secondary N) is 1. The third-order valence-corrected chi connectivity index (χ3v) is 4.32. The fourth-order valence-electron chi connectivity index (χ4n) is 2.38. The fourth-order valence-corrected chi connectivity index (χ4v) is 3.14. The van der Waals surface area contributed by atoms with Gasteiger partial charge in [-0.2, -0.15) is 0 Å². The molecular weight excluding hydrogens is 272 g/mol. The summed E-state index contributed by atoms with van der Waals surface area (Å²) in [6.45, 7) is 1.82. The third-order valence-electron chi connectivity index (χ3n) is 3.33. The van der Waals surface area contributed by atoms with Crippen LogP contribution in [0.25, 0.3) is 0 Å². The van der Waals surface area contributed by atoms with Crippen LogP contribution in [0.4, 0.5) is 5.88 Å². The van der Waals surface area contributed by atoms with Crippen molar-refractivity contribution in [1.29, 1.82) is 0 Å². The number of fused-ring (bicyclic) bond motifs is 1. The van der Waals surface area contributed by atoms with E-state index in [0.717, 1.165) is 17.0 Å². The van der Waals surface area contributed by atoms with E-state index in [-0.39, 0.29) is 5.91 Å². The number of nitrogens with zero attached hydrogens (tertiary/aromatic N) is 1. The Morgan fingerprint density at radius 2 is 2.20 bits per heavy atom. The zero-order valence-electron chi connectivity index (χ0n) is 11.3. The number of anilines is 1. The number of aromatic nitrogens is 1. The van der Waals surface area contributed by atoms with E-state index in [0.29, 0.717) is 11.6 Å². The monoisotopic (exact) mass is 288 g/mol. The van der Waals surface area contributed by atoms with Crippen LogP contribution < -0.4 is 5.32 Å². The highest BCUT2D eigenvalue weighted by atomic mass is 32.2. The Kier molecular flexibility index (Phi) is 3.78. The number of carbonyl (C=O) groups excluding carboxylic acids is 1. The maximum atomic E-state index is 11.8. The molecule has 0 unspecified atom stereocenters. The average Bonchev–Trinajstić information content (AvgIpc) is 3.04. The van der Waals surface area contributed by atoms with Crippen LogP contribution in [0.3, 0.4) is 0 Å². The fraction of sp³-hybridized carbons (Fsp3) is 0.333. The first-order chi connectivity index (χ1) is 9.70. The number of thioether (sulfide) groups is 1. The van der Waals surface area contributed by atoms with Gasteiger partial charge in [0.05, 0.1) is 11.4 Å². The van der Waals surface area contributed by atoms with Crippen molar-refractivity contribution in [3.05, 3.63) is 41.1 Å². The number of rotatable bonds is 4. The molecule has 0 saturated carbocycles. The van der Waals surface area contributed by atoms with E-state index >= 15 is 0 Å². The maximum absolute atomic E-state index is 11.8. The topological polar surface area (TPSA) is 55.1 Å². The maximum Gasteiger partial charge on any atom is 0.237 e. The second-order valence-electron chi connectivity index (χ2n) is 4.95. The average molecular weight is 288 g/mol. The molecule has 104 valence electrons. The molecule has 0 atom stereocenters. The zero-order chi connectivity index (χ0) is 13.9. The molecule has 0 fully saturated rings. The number of aryl methyl sites for hydroxylation is 3.